The number of rotatable bonds is 8. The zero-order chi connectivity index (χ0) is 32.4. The fourth-order valence-electron chi connectivity index (χ4n) is 3.81. The van der Waals surface area contributed by atoms with Crippen molar-refractivity contribution in [1.82, 2.24) is 20.1 Å². The van der Waals surface area contributed by atoms with Gasteiger partial charge in [0.1, 0.15) is 23.0 Å². The zero-order valence-corrected chi connectivity index (χ0v) is 26.6. The maximum absolute atomic E-state index is 13.1. The van der Waals surface area contributed by atoms with E-state index in [0.29, 0.717) is 34.3 Å². The summed E-state index contributed by atoms with van der Waals surface area (Å²) < 4.78 is 12.5. The summed E-state index contributed by atoms with van der Waals surface area (Å²) in [5.41, 5.74) is 1.90. The van der Waals surface area contributed by atoms with Crippen LogP contribution in [0.4, 0.5) is 16.3 Å². The third kappa shape index (κ3) is 8.57. The summed E-state index contributed by atoms with van der Waals surface area (Å²) in [5.74, 6) is 0.390. The largest absolute Gasteiger partial charge is 0.462 e. The lowest BCUT2D eigenvalue weighted by Crippen LogP contribution is -2.21. The van der Waals surface area contributed by atoms with Gasteiger partial charge in [0.2, 0.25) is 0 Å². The first-order valence-electron chi connectivity index (χ1n) is 14.1. The van der Waals surface area contributed by atoms with E-state index in [2.05, 4.69) is 20.9 Å². The van der Waals surface area contributed by atoms with Crippen LogP contribution in [-0.2, 0) is 10.2 Å². The van der Waals surface area contributed by atoms with Crippen LogP contribution in [-0.4, -0.2) is 46.3 Å². The second-order valence-corrected chi connectivity index (χ2v) is 10.5. The lowest BCUT2D eigenvalue weighted by Gasteiger charge is -2.14. The number of hydrogen-bond acceptors (Lipinski definition) is 7. The average molecular weight is 621 g/mol. The van der Waals surface area contributed by atoms with Crippen LogP contribution in [0.2, 0.25) is 5.02 Å². The number of carbonyl (C=O) groups is 3. The van der Waals surface area contributed by atoms with Crippen molar-refractivity contribution >= 4 is 41.0 Å². The van der Waals surface area contributed by atoms with Crippen molar-refractivity contribution in [1.29, 1.82) is 0 Å². The predicted molar refractivity (Wildman–Crippen MR) is 171 cm³/mol. The van der Waals surface area contributed by atoms with Crippen LogP contribution in [0.25, 0.3) is 5.69 Å². The molecular formula is C32H37ClN6O5. The highest BCUT2D eigenvalue weighted by atomic mass is 35.5. The summed E-state index contributed by atoms with van der Waals surface area (Å²) in [4.78, 5) is 41.2. The number of amides is 3. The van der Waals surface area contributed by atoms with Gasteiger partial charge in [0, 0.05) is 36.9 Å². The first kappa shape index (κ1) is 33.6. The van der Waals surface area contributed by atoms with E-state index in [1.165, 1.54) is 19.3 Å². The summed E-state index contributed by atoms with van der Waals surface area (Å²) in [6, 6.07) is 15.9. The number of esters is 1. The molecule has 12 heteroatoms. The monoisotopic (exact) mass is 620 g/mol. The number of carbonyl (C=O) groups excluding carboxylic acids is 3. The van der Waals surface area contributed by atoms with Gasteiger partial charge in [0.15, 0.2) is 0 Å². The SMILES string of the molecule is CC.CCOC(=O)c1cccc(-n2nc(C(C)(C)C)cc2NC(=O)Nc2ccc(Oc3ccnc(C(=O)NC)c3)cc2Cl)c1. The molecule has 0 spiro atoms. The minimum atomic E-state index is -0.557. The Kier molecular flexibility index (Phi) is 11.5. The van der Waals surface area contributed by atoms with Gasteiger partial charge in [0.25, 0.3) is 5.91 Å². The number of anilines is 2. The maximum atomic E-state index is 13.1. The summed E-state index contributed by atoms with van der Waals surface area (Å²) >= 11 is 6.45. The maximum Gasteiger partial charge on any atom is 0.338 e. The highest BCUT2D eigenvalue weighted by Gasteiger charge is 2.22. The molecule has 0 aliphatic rings. The minimum absolute atomic E-state index is 0.206. The molecule has 0 aliphatic heterocycles. The molecule has 3 N–H and O–H groups in total. The van der Waals surface area contributed by atoms with Crippen LogP contribution in [0.1, 0.15) is 68.1 Å². The average Bonchev–Trinajstić information content (AvgIpc) is 3.44. The van der Waals surface area contributed by atoms with Gasteiger partial charge in [-0.2, -0.15) is 5.10 Å². The molecule has 44 heavy (non-hydrogen) atoms. The number of urea groups is 1. The molecule has 4 rings (SSSR count). The van der Waals surface area contributed by atoms with Crippen LogP contribution in [0, 0.1) is 0 Å². The van der Waals surface area contributed by atoms with Crippen molar-refractivity contribution in [2.24, 2.45) is 0 Å². The molecule has 2 heterocycles. The third-order valence-electron chi connectivity index (χ3n) is 5.94. The molecule has 0 saturated heterocycles. The van der Waals surface area contributed by atoms with Crippen LogP contribution in [0.5, 0.6) is 11.5 Å². The van der Waals surface area contributed by atoms with Crippen LogP contribution in [0.3, 0.4) is 0 Å². The molecule has 232 valence electrons. The third-order valence-corrected chi connectivity index (χ3v) is 6.25. The summed E-state index contributed by atoms with van der Waals surface area (Å²) in [6.07, 6.45) is 1.46. The Hall–Kier alpha value is -4.90. The number of hydrogen-bond donors (Lipinski definition) is 3. The lowest BCUT2D eigenvalue weighted by molar-refractivity contribution is 0.0526. The van der Waals surface area contributed by atoms with Gasteiger partial charge < -0.3 is 20.1 Å². The van der Waals surface area contributed by atoms with Gasteiger partial charge in [-0.15, -0.1) is 0 Å². The van der Waals surface area contributed by atoms with E-state index in [1.54, 1.807) is 66.2 Å². The highest BCUT2D eigenvalue weighted by molar-refractivity contribution is 6.34. The first-order chi connectivity index (χ1) is 21.0. The molecule has 0 bridgehead atoms. The Balaban J connectivity index is 0.00000259. The van der Waals surface area contributed by atoms with Crippen molar-refractivity contribution in [2.45, 2.75) is 47.0 Å². The topological polar surface area (TPSA) is 136 Å². The second kappa shape index (κ2) is 15.0. The summed E-state index contributed by atoms with van der Waals surface area (Å²) in [7, 11) is 1.51. The van der Waals surface area contributed by atoms with Crippen molar-refractivity contribution < 1.29 is 23.9 Å². The molecule has 0 fully saturated rings. The van der Waals surface area contributed by atoms with E-state index in [0.717, 1.165) is 5.69 Å². The summed E-state index contributed by atoms with van der Waals surface area (Å²) in [6.45, 7) is 12.0. The highest BCUT2D eigenvalue weighted by Crippen LogP contribution is 2.31. The van der Waals surface area contributed by atoms with Crippen molar-refractivity contribution in [3.63, 3.8) is 0 Å². The fourth-order valence-corrected chi connectivity index (χ4v) is 4.02. The lowest BCUT2D eigenvalue weighted by atomic mass is 9.92. The van der Waals surface area contributed by atoms with Gasteiger partial charge in [-0.1, -0.05) is 52.3 Å². The van der Waals surface area contributed by atoms with Crippen molar-refractivity contribution in [3.8, 4) is 17.2 Å². The molecule has 11 nitrogen and oxygen atoms in total. The molecule has 0 aliphatic carbocycles. The van der Waals surface area contributed by atoms with E-state index < -0.39 is 12.0 Å². The zero-order valence-electron chi connectivity index (χ0n) is 25.8. The molecule has 3 amide bonds. The number of pyridine rings is 1. The number of halogens is 1. The fraction of sp³-hybridized carbons (Fsp3) is 0.281. The Bertz CT molecular complexity index is 1630. The van der Waals surface area contributed by atoms with E-state index >= 15 is 0 Å². The Morgan fingerprint density at radius 2 is 1.68 bits per heavy atom. The van der Waals surface area contributed by atoms with E-state index in [-0.39, 0.29) is 28.6 Å². The smallest absolute Gasteiger partial charge is 0.338 e. The quantitative estimate of drug-likeness (QED) is 0.177. The van der Waals surface area contributed by atoms with Crippen molar-refractivity contribution in [2.75, 3.05) is 24.3 Å². The molecule has 0 atom stereocenters. The molecule has 2 aromatic heterocycles. The molecule has 0 unspecified atom stereocenters. The van der Waals surface area contributed by atoms with E-state index in [4.69, 9.17) is 26.2 Å². The molecule has 2 aromatic carbocycles. The Labute approximate surface area is 261 Å². The Morgan fingerprint density at radius 1 is 0.955 bits per heavy atom. The van der Waals surface area contributed by atoms with Crippen LogP contribution < -0.4 is 20.7 Å². The van der Waals surface area contributed by atoms with Gasteiger partial charge in [0.05, 0.1) is 34.3 Å². The minimum Gasteiger partial charge on any atom is -0.462 e. The van der Waals surface area contributed by atoms with Gasteiger partial charge >= 0.3 is 12.0 Å². The molecule has 0 radical (unpaired) electrons. The predicted octanol–water partition coefficient (Wildman–Crippen LogP) is 7.22. The van der Waals surface area contributed by atoms with Crippen LogP contribution >= 0.6 is 11.6 Å². The normalized spacial score (nSPS) is 10.6. The number of aromatic nitrogens is 3. The van der Waals surface area contributed by atoms with Crippen molar-refractivity contribution in [3.05, 3.63) is 88.8 Å². The van der Waals surface area contributed by atoms with E-state index in [1.807, 2.05) is 34.6 Å². The van der Waals surface area contributed by atoms with Crippen LogP contribution in [0.15, 0.2) is 66.9 Å². The van der Waals surface area contributed by atoms with Gasteiger partial charge in [-0.3, -0.25) is 15.1 Å². The Morgan fingerprint density at radius 3 is 2.34 bits per heavy atom. The second-order valence-electron chi connectivity index (χ2n) is 10.1. The first-order valence-corrected chi connectivity index (χ1v) is 14.5. The number of nitrogens with one attached hydrogen (secondary N) is 3. The van der Waals surface area contributed by atoms with Gasteiger partial charge in [-0.05, 0) is 43.3 Å². The number of ether oxygens (including phenoxy) is 2. The summed E-state index contributed by atoms with van der Waals surface area (Å²) in [5, 5.41) is 13.0. The molecule has 4 aromatic rings. The molecule has 0 saturated carbocycles. The number of nitrogens with zero attached hydrogens (tertiary/aromatic N) is 3. The van der Waals surface area contributed by atoms with Gasteiger partial charge in [-0.25, -0.2) is 14.3 Å². The number of benzene rings is 2. The standard InChI is InChI=1S/C30H31ClN6O5.C2H6/c1-6-41-28(39)18-8-7-9-19(14-18)37-26(17-25(36-37)30(2,3)4)35-29(40)34-23-11-10-20(15-22(23)31)42-21-12-13-33-24(16-21)27(38)32-5;1-2/h7-17H,6H2,1-5H3,(H,32,38)(H2,34,35,40);1-2H3. The molecular weight excluding hydrogens is 584 g/mol. The van der Waals surface area contributed by atoms with E-state index in [9.17, 15) is 14.4 Å².